The first-order valence-electron chi connectivity index (χ1n) is 10.1. The molecular formula is C21H28N4O3. The standard InChI is InChI=1S/C21H28N4O3/c1-24(2)11-12-27-18-7-3-5-16(13-18)19-22-20(28-23-19)17-6-4-10-25(14-17)21(26)15-8-9-15/h3,5,7,13,15,17H,4,6,8-12,14H2,1-2H3. The summed E-state index contributed by atoms with van der Waals surface area (Å²) in [5.74, 6) is 2.67. The van der Waals surface area contributed by atoms with E-state index in [-0.39, 0.29) is 11.8 Å². The maximum atomic E-state index is 12.4. The Balaban J connectivity index is 1.41. The minimum absolute atomic E-state index is 0.122. The van der Waals surface area contributed by atoms with Crippen LogP contribution >= 0.6 is 0 Å². The summed E-state index contributed by atoms with van der Waals surface area (Å²) in [4.78, 5) is 21.1. The average Bonchev–Trinajstić information content (AvgIpc) is 3.43. The maximum Gasteiger partial charge on any atom is 0.231 e. The molecule has 0 bridgehead atoms. The van der Waals surface area contributed by atoms with Gasteiger partial charge in [0.25, 0.3) is 0 Å². The first-order valence-corrected chi connectivity index (χ1v) is 10.1. The lowest BCUT2D eigenvalue weighted by atomic mass is 9.97. The van der Waals surface area contributed by atoms with Crippen molar-refractivity contribution < 1.29 is 14.1 Å². The zero-order chi connectivity index (χ0) is 19.5. The number of hydrogen-bond acceptors (Lipinski definition) is 6. The number of carbonyl (C=O) groups is 1. The molecular weight excluding hydrogens is 356 g/mol. The van der Waals surface area contributed by atoms with Crippen LogP contribution in [0, 0.1) is 5.92 Å². The quantitative estimate of drug-likeness (QED) is 0.731. The predicted molar refractivity (Wildman–Crippen MR) is 105 cm³/mol. The highest BCUT2D eigenvalue weighted by Gasteiger charge is 2.36. The van der Waals surface area contributed by atoms with E-state index in [1.807, 2.05) is 43.3 Å². The molecule has 7 nitrogen and oxygen atoms in total. The van der Waals surface area contributed by atoms with Gasteiger partial charge in [0.1, 0.15) is 12.4 Å². The molecule has 1 aromatic carbocycles. The summed E-state index contributed by atoms with van der Waals surface area (Å²) in [7, 11) is 4.04. The van der Waals surface area contributed by atoms with E-state index in [9.17, 15) is 4.79 Å². The molecule has 1 aliphatic heterocycles. The SMILES string of the molecule is CN(C)CCOc1cccc(-c2noc(C3CCCN(C(=O)C4CC4)C3)n2)c1. The Morgan fingerprint density at radius 3 is 2.96 bits per heavy atom. The fraction of sp³-hybridized carbons (Fsp3) is 0.571. The van der Waals surface area contributed by atoms with Gasteiger partial charge in [-0.15, -0.1) is 0 Å². The predicted octanol–water partition coefficient (Wildman–Crippen LogP) is 2.79. The number of hydrogen-bond donors (Lipinski definition) is 0. The van der Waals surface area contributed by atoms with Crippen molar-refractivity contribution in [2.75, 3.05) is 40.3 Å². The Kier molecular flexibility index (Phi) is 5.62. The number of rotatable bonds is 7. The fourth-order valence-electron chi connectivity index (χ4n) is 3.56. The van der Waals surface area contributed by atoms with Crippen LogP contribution in [-0.4, -0.2) is 66.2 Å². The van der Waals surface area contributed by atoms with E-state index < -0.39 is 0 Å². The molecule has 28 heavy (non-hydrogen) atoms. The molecule has 2 aromatic rings. The van der Waals surface area contributed by atoms with Gasteiger partial charge in [0, 0.05) is 31.1 Å². The van der Waals surface area contributed by atoms with Gasteiger partial charge in [0.05, 0.1) is 5.92 Å². The summed E-state index contributed by atoms with van der Waals surface area (Å²) in [5.41, 5.74) is 0.874. The normalized spacial score (nSPS) is 19.8. The number of amides is 1. The van der Waals surface area contributed by atoms with Gasteiger partial charge in [0.15, 0.2) is 0 Å². The molecule has 7 heteroatoms. The molecule has 1 aromatic heterocycles. The number of benzene rings is 1. The van der Waals surface area contributed by atoms with E-state index in [2.05, 4.69) is 15.0 Å². The van der Waals surface area contributed by atoms with Gasteiger partial charge in [-0.1, -0.05) is 17.3 Å². The van der Waals surface area contributed by atoms with E-state index in [1.165, 1.54) is 0 Å². The molecule has 0 radical (unpaired) electrons. The lowest BCUT2D eigenvalue weighted by Crippen LogP contribution is -2.40. The van der Waals surface area contributed by atoms with Crippen LogP contribution in [0.25, 0.3) is 11.4 Å². The number of likely N-dealkylation sites (tertiary alicyclic amines) is 1. The van der Waals surface area contributed by atoms with Crippen molar-refractivity contribution in [1.82, 2.24) is 19.9 Å². The van der Waals surface area contributed by atoms with Crippen LogP contribution in [-0.2, 0) is 4.79 Å². The largest absolute Gasteiger partial charge is 0.492 e. The molecule has 0 spiro atoms. The van der Waals surface area contributed by atoms with Crippen molar-refractivity contribution >= 4 is 5.91 Å². The van der Waals surface area contributed by atoms with Gasteiger partial charge >= 0.3 is 0 Å². The summed E-state index contributed by atoms with van der Waals surface area (Å²) in [6.07, 6.45) is 4.04. The molecule has 1 aliphatic carbocycles. The third-order valence-electron chi connectivity index (χ3n) is 5.35. The molecule has 2 heterocycles. The zero-order valence-corrected chi connectivity index (χ0v) is 16.6. The summed E-state index contributed by atoms with van der Waals surface area (Å²) >= 11 is 0. The highest BCUT2D eigenvalue weighted by atomic mass is 16.5. The average molecular weight is 384 g/mol. The second-order valence-corrected chi connectivity index (χ2v) is 8.03. The Morgan fingerprint density at radius 2 is 2.18 bits per heavy atom. The fourth-order valence-corrected chi connectivity index (χ4v) is 3.56. The Bertz CT molecular complexity index is 815. The second kappa shape index (κ2) is 8.31. The van der Waals surface area contributed by atoms with Gasteiger partial charge in [-0.05, 0) is 51.9 Å². The molecule has 0 N–H and O–H groups in total. The first kappa shape index (κ1) is 18.9. The van der Waals surface area contributed by atoms with E-state index in [1.54, 1.807) is 0 Å². The molecule has 2 fully saturated rings. The number of nitrogens with zero attached hydrogens (tertiary/aromatic N) is 4. The summed E-state index contributed by atoms with van der Waals surface area (Å²) in [5, 5.41) is 4.18. The number of carbonyl (C=O) groups excluding carboxylic acids is 1. The first-order chi connectivity index (χ1) is 13.6. The van der Waals surface area contributed by atoms with Gasteiger partial charge in [-0.2, -0.15) is 4.98 Å². The molecule has 1 unspecified atom stereocenters. The monoisotopic (exact) mass is 384 g/mol. The summed E-state index contributed by atoms with van der Waals surface area (Å²) < 4.78 is 11.4. The molecule has 1 saturated carbocycles. The minimum Gasteiger partial charge on any atom is -0.492 e. The van der Waals surface area contributed by atoms with E-state index in [0.717, 1.165) is 50.1 Å². The lowest BCUT2D eigenvalue weighted by molar-refractivity contribution is -0.133. The van der Waals surface area contributed by atoms with Crippen LogP contribution in [0.5, 0.6) is 5.75 Å². The van der Waals surface area contributed by atoms with Crippen molar-refractivity contribution in [3.63, 3.8) is 0 Å². The van der Waals surface area contributed by atoms with Crippen molar-refractivity contribution in [2.24, 2.45) is 5.92 Å². The molecule has 150 valence electrons. The van der Waals surface area contributed by atoms with Gasteiger partial charge < -0.3 is 19.1 Å². The van der Waals surface area contributed by atoms with Crippen LogP contribution < -0.4 is 4.74 Å². The molecule has 4 rings (SSSR count). The van der Waals surface area contributed by atoms with Gasteiger partial charge in [-0.3, -0.25) is 4.79 Å². The number of piperidine rings is 1. The van der Waals surface area contributed by atoms with Crippen molar-refractivity contribution in [1.29, 1.82) is 0 Å². The number of aromatic nitrogens is 2. The minimum atomic E-state index is 0.122. The van der Waals surface area contributed by atoms with Crippen molar-refractivity contribution in [2.45, 2.75) is 31.6 Å². The Morgan fingerprint density at radius 1 is 1.32 bits per heavy atom. The zero-order valence-electron chi connectivity index (χ0n) is 16.6. The van der Waals surface area contributed by atoms with Crippen LogP contribution in [0.3, 0.4) is 0 Å². The van der Waals surface area contributed by atoms with Crippen LogP contribution in [0.1, 0.15) is 37.5 Å². The number of ether oxygens (including phenoxy) is 1. The summed E-state index contributed by atoms with van der Waals surface area (Å²) in [6, 6.07) is 7.76. The van der Waals surface area contributed by atoms with Crippen molar-refractivity contribution in [3.05, 3.63) is 30.2 Å². The van der Waals surface area contributed by atoms with Crippen LogP contribution in [0.4, 0.5) is 0 Å². The maximum absolute atomic E-state index is 12.4. The molecule has 1 saturated heterocycles. The topological polar surface area (TPSA) is 71.7 Å². The van der Waals surface area contributed by atoms with Crippen LogP contribution in [0.2, 0.25) is 0 Å². The smallest absolute Gasteiger partial charge is 0.231 e. The Labute approximate surface area is 165 Å². The third kappa shape index (κ3) is 4.52. The third-order valence-corrected chi connectivity index (χ3v) is 5.35. The van der Waals surface area contributed by atoms with Gasteiger partial charge in [-0.25, -0.2) is 0 Å². The molecule has 2 aliphatic rings. The second-order valence-electron chi connectivity index (χ2n) is 8.03. The Hall–Kier alpha value is -2.41. The van der Waals surface area contributed by atoms with E-state index in [0.29, 0.717) is 30.8 Å². The molecule has 1 atom stereocenters. The van der Waals surface area contributed by atoms with Crippen LogP contribution in [0.15, 0.2) is 28.8 Å². The highest BCUT2D eigenvalue weighted by molar-refractivity contribution is 5.81. The number of likely N-dealkylation sites (N-methyl/N-ethyl adjacent to an activating group) is 1. The molecule has 1 amide bonds. The lowest BCUT2D eigenvalue weighted by Gasteiger charge is -2.31. The van der Waals surface area contributed by atoms with Crippen molar-refractivity contribution in [3.8, 4) is 17.1 Å². The van der Waals surface area contributed by atoms with E-state index >= 15 is 0 Å². The van der Waals surface area contributed by atoms with E-state index in [4.69, 9.17) is 9.26 Å². The summed E-state index contributed by atoms with van der Waals surface area (Å²) in [6.45, 7) is 3.01. The highest BCUT2D eigenvalue weighted by Crippen LogP contribution is 2.34. The van der Waals surface area contributed by atoms with Gasteiger partial charge in [0.2, 0.25) is 17.6 Å².